The molecule has 9 aromatic rings. The molecule has 2 nitrogen and oxygen atoms in total. The Balaban J connectivity index is 1.16. The first kappa shape index (κ1) is 32.3. The molecule has 0 aliphatic carbocycles. The minimum absolute atomic E-state index is 1.14. The SMILES string of the molecule is C=C/C=C\c1c(C)ccc2c1c1cc(-c3ccc4c(ccn4-c4ccc(C)c(-c5ccccc5C)c4)c3)ccc1n2-c1ccc(-c2ccccc2)cc1. The minimum atomic E-state index is 1.14. The second kappa shape index (κ2) is 13.2. The molecule has 0 aliphatic heterocycles. The molecule has 0 N–H and O–H groups in total. The van der Waals surface area contributed by atoms with Crippen molar-refractivity contribution in [3.8, 4) is 44.8 Å². The summed E-state index contributed by atoms with van der Waals surface area (Å²) < 4.78 is 4.71. The first-order valence-corrected chi connectivity index (χ1v) is 18.3. The summed E-state index contributed by atoms with van der Waals surface area (Å²) in [6, 6.07) is 55.5. The number of hydrogen-bond donors (Lipinski definition) is 0. The lowest BCUT2D eigenvalue weighted by atomic mass is 9.96. The maximum Gasteiger partial charge on any atom is 0.0547 e. The Hall–Kier alpha value is -6.64. The van der Waals surface area contributed by atoms with Crippen LogP contribution in [0.4, 0.5) is 0 Å². The van der Waals surface area contributed by atoms with Crippen LogP contribution in [0.2, 0.25) is 0 Å². The van der Waals surface area contributed by atoms with E-state index in [4.69, 9.17) is 0 Å². The molecule has 0 atom stereocenters. The van der Waals surface area contributed by atoms with Gasteiger partial charge in [-0.1, -0.05) is 116 Å². The molecule has 0 spiro atoms. The molecule has 2 heterocycles. The van der Waals surface area contributed by atoms with Crippen LogP contribution >= 0.6 is 0 Å². The molecule has 0 bridgehead atoms. The molecule has 0 radical (unpaired) electrons. The summed E-state index contributed by atoms with van der Waals surface area (Å²) in [5, 5.41) is 3.70. The zero-order valence-electron chi connectivity index (χ0n) is 30.3. The van der Waals surface area contributed by atoms with Crippen LogP contribution in [-0.4, -0.2) is 9.13 Å². The van der Waals surface area contributed by atoms with Crippen LogP contribution in [0.25, 0.3) is 83.5 Å². The van der Waals surface area contributed by atoms with Gasteiger partial charge in [-0.25, -0.2) is 0 Å². The fourth-order valence-corrected chi connectivity index (χ4v) is 7.99. The predicted octanol–water partition coefficient (Wildman–Crippen LogP) is 13.9. The quantitative estimate of drug-likeness (QED) is 0.148. The van der Waals surface area contributed by atoms with E-state index in [1.54, 1.807) is 0 Å². The molecule has 2 aromatic heterocycles. The van der Waals surface area contributed by atoms with Gasteiger partial charge >= 0.3 is 0 Å². The van der Waals surface area contributed by atoms with Crippen molar-refractivity contribution in [3.63, 3.8) is 0 Å². The number of aryl methyl sites for hydroxylation is 3. The summed E-state index contributed by atoms with van der Waals surface area (Å²) in [6.07, 6.45) is 8.29. The van der Waals surface area contributed by atoms with Crippen molar-refractivity contribution in [3.05, 3.63) is 199 Å². The van der Waals surface area contributed by atoms with Gasteiger partial charge in [-0.3, -0.25) is 0 Å². The van der Waals surface area contributed by atoms with E-state index in [1.165, 1.54) is 88.3 Å². The van der Waals surface area contributed by atoms with Crippen molar-refractivity contribution < 1.29 is 0 Å². The monoisotopic (exact) mass is 680 g/mol. The molecule has 0 fully saturated rings. The first-order valence-electron chi connectivity index (χ1n) is 18.3. The Bertz CT molecular complexity index is 2860. The average Bonchev–Trinajstić information content (AvgIpc) is 3.77. The number of hydrogen-bond acceptors (Lipinski definition) is 0. The van der Waals surface area contributed by atoms with Crippen molar-refractivity contribution in [1.82, 2.24) is 9.13 Å². The Morgan fingerprint density at radius 2 is 1.13 bits per heavy atom. The van der Waals surface area contributed by atoms with Gasteiger partial charge in [-0.2, -0.15) is 0 Å². The Kier molecular flexibility index (Phi) is 8.01. The third-order valence-corrected chi connectivity index (χ3v) is 10.8. The number of allylic oxidation sites excluding steroid dienone is 2. The highest BCUT2D eigenvalue weighted by molar-refractivity contribution is 6.14. The molecule has 2 heteroatoms. The van der Waals surface area contributed by atoms with E-state index < -0.39 is 0 Å². The molecule has 0 saturated heterocycles. The molecule has 254 valence electrons. The zero-order valence-corrected chi connectivity index (χ0v) is 30.3. The van der Waals surface area contributed by atoms with Crippen LogP contribution in [0.1, 0.15) is 22.3 Å². The largest absolute Gasteiger partial charge is 0.317 e. The van der Waals surface area contributed by atoms with Crippen molar-refractivity contribution in [1.29, 1.82) is 0 Å². The van der Waals surface area contributed by atoms with Gasteiger partial charge in [0.1, 0.15) is 0 Å². The average molecular weight is 681 g/mol. The Morgan fingerprint density at radius 1 is 0.491 bits per heavy atom. The van der Waals surface area contributed by atoms with Crippen LogP contribution in [0.5, 0.6) is 0 Å². The lowest BCUT2D eigenvalue weighted by Gasteiger charge is -2.13. The molecule has 0 unspecified atom stereocenters. The topological polar surface area (TPSA) is 9.86 Å². The maximum atomic E-state index is 3.97. The number of benzene rings is 7. The van der Waals surface area contributed by atoms with E-state index in [0.717, 1.165) is 11.4 Å². The standard InChI is InChI=1S/C51H40N2/c1-5-6-15-45-35(3)18-26-50-51(45)47-32-40(22-28-49(47)53(50)42-24-19-38(20-25-42)37-13-8-7-9-14-37)39-21-27-48-41(31-39)29-30-52(48)43-23-17-36(4)46(33-43)44-16-11-10-12-34(44)2/h5-33H,1H2,2-4H3/b15-6-. The highest BCUT2D eigenvalue weighted by atomic mass is 15.0. The lowest BCUT2D eigenvalue weighted by Crippen LogP contribution is -1.95. The summed E-state index contributed by atoms with van der Waals surface area (Å²) in [5.41, 5.74) is 18.3. The minimum Gasteiger partial charge on any atom is -0.317 e. The lowest BCUT2D eigenvalue weighted by molar-refractivity contribution is 1.12. The van der Waals surface area contributed by atoms with E-state index >= 15 is 0 Å². The summed E-state index contributed by atoms with van der Waals surface area (Å²) in [7, 11) is 0. The van der Waals surface area contributed by atoms with Crippen molar-refractivity contribution in [2.24, 2.45) is 0 Å². The second-order valence-electron chi connectivity index (χ2n) is 14.0. The first-order chi connectivity index (χ1) is 26.0. The summed E-state index contributed by atoms with van der Waals surface area (Å²) in [4.78, 5) is 0. The third kappa shape index (κ3) is 5.60. The van der Waals surface area contributed by atoms with Gasteiger partial charge in [0.15, 0.2) is 0 Å². The van der Waals surface area contributed by atoms with Crippen LogP contribution in [0.15, 0.2) is 177 Å². The maximum absolute atomic E-state index is 3.97. The van der Waals surface area contributed by atoms with E-state index in [1.807, 2.05) is 12.2 Å². The van der Waals surface area contributed by atoms with Crippen LogP contribution in [0.3, 0.4) is 0 Å². The molecule has 0 aliphatic rings. The molecule has 53 heavy (non-hydrogen) atoms. The Labute approximate surface area is 311 Å². The van der Waals surface area contributed by atoms with Gasteiger partial charge in [-0.05, 0) is 137 Å². The highest BCUT2D eigenvalue weighted by Crippen LogP contribution is 2.39. The molecule has 0 amide bonds. The molecular weight excluding hydrogens is 641 g/mol. The molecule has 0 saturated carbocycles. The molecule has 7 aromatic carbocycles. The zero-order chi connectivity index (χ0) is 36.1. The van der Waals surface area contributed by atoms with Crippen molar-refractivity contribution in [2.45, 2.75) is 20.8 Å². The second-order valence-corrected chi connectivity index (χ2v) is 14.0. The van der Waals surface area contributed by atoms with E-state index in [9.17, 15) is 0 Å². The summed E-state index contributed by atoms with van der Waals surface area (Å²) in [6.45, 7) is 10.5. The van der Waals surface area contributed by atoms with Gasteiger partial charge in [0.2, 0.25) is 0 Å². The summed E-state index contributed by atoms with van der Waals surface area (Å²) >= 11 is 0. The number of aromatic nitrogens is 2. The summed E-state index contributed by atoms with van der Waals surface area (Å²) in [5.74, 6) is 0. The van der Waals surface area contributed by atoms with Crippen molar-refractivity contribution in [2.75, 3.05) is 0 Å². The van der Waals surface area contributed by atoms with Crippen molar-refractivity contribution >= 4 is 38.8 Å². The van der Waals surface area contributed by atoms with Gasteiger partial charge in [0.05, 0.1) is 16.6 Å². The smallest absolute Gasteiger partial charge is 0.0547 e. The molecular formula is C51H40N2. The number of rotatable bonds is 7. The fourth-order valence-electron chi connectivity index (χ4n) is 7.99. The number of fused-ring (bicyclic) bond motifs is 4. The van der Waals surface area contributed by atoms with E-state index in [2.05, 4.69) is 200 Å². The van der Waals surface area contributed by atoms with Gasteiger partial charge in [0.25, 0.3) is 0 Å². The normalized spacial score (nSPS) is 11.7. The fraction of sp³-hybridized carbons (Fsp3) is 0.0588. The van der Waals surface area contributed by atoms with Crippen LogP contribution in [0, 0.1) is 20.8 Å². The number of nitrogens with zero attached hydrogens (tertiary/aromatic N) is 2. The van der Waals surface area contributed by atoms with E-state index in [0.29, 0.717) is 0 Å². The van der Waals surface area contributed by atoms with Crippen LogP contribution < -0.4 is 0 Å². The highest BCUT2D eigenvalue weighted by Gasteiger charge is 2.18. The van der Waals surface area contributed by atoms with E-state index in [-0.39, 0.29) is 0 Å². The van der Waals surface area contributed by atoms with Gasteiger partial charge < -0.3 is 9.13 Å². The third-order valence-electron chi connectivity index (χ3n) is 10.8. The van der Waals surface area contributed by atoms with Gasteiger partial charge in [-0.15, -0.1) is 0 Å². The van der Waals surface area contributed by atoms with Crippen LogP contribution in [-0.2, 0) is 0 Å². The predicted molar refractivity (Wildman–Crippen MR) is 227 cm³/mol. The Morgan fingerprint density at radius 3 is 1.92 bits per heavy atom. The van der Waals surface area contributed by atoms with Gasteiger partial charge in [0, 0.05) is 33.7 Å². The molecule has 9 rings (SSSR count).